The quantitative estimate of drug-likeness (QED) is 0.648. The van der Waals surface area contributed by atoms with E-state index < -0.39 is 0 Å². The molecule has 6 nitrogen and oxygen atoms in total. The first-order valence-corrected chi connectivity index (χ1v) is 9.53. The van der Waals surface area contributed by atoms with Crippen LogP contribution in [0.4, 0.5) is 0 Å². The predicted octanol–water partition coefficient (Wildman–Crippen LogP) is 3.87. The molecule has 0 heterocycles. The van der Waals surface area contributed by atoms with E-state index in [0.29, 0.717) is 24.7 Å². The van der Waals surface area contributed by atoms with E-state index in [4.69, 9.17) is 14.2 Å². The van der Waals surface area contributed by atoms with Crippen molar-refractivity contribution in [3.63, 3.8) is 0 Å². The average molecular weight is 399 g/mol. The predicted molar refractivity (Wildman–Crippen MR) is 111 cm³/mol. The van der Waals surface area contributed by atoms with Gasteiger partial charge in [0.1, 0.15) is 6.61 Å². The Morgan fingerprint density at radius 3 is 2.34 bits per heavy atom. The molecular weight excluding hydrogens is 370 g/mol. The van der Waals surface area contributed by atoms with Crippen LogP contribution in [0, 0.1) is 5.41 Å². The van der Waals surface area contributed by atoms with Gasteiger partial charge in [0.25, 0.3) is 5.91 Å². The van der Waals surface area contributed by atoms with Gasteiger partial charge < -0.3 is 19.5 Å². The SMILES string of the molecule is COc1cc(CNC(=O)COC(=O)CC(C)(C)C)ccc1OCc1ccccc1. The Balaban J connectivity index is 1.83. The van der Waals surface area contributed by atoms with E-state index in [2.05, 4.69) is 5.32 Å². The Morgan fingerprint density at radius 2 is 1.69 bits per heavy atom. The van der Waals surface area contributed by atoms with Crippen LogP contribution in [-0.2, 0) is 27.5 Å². The van der Waals surface area contributed by atoms with E-state index >= 15 is 0 Å². The molecule has 2 aromatic rings. The number of nitrogens with one attached hydrogen (secondary N) is 1. The standard InChI is InChI=1S/C23H29NO5/c1-23(2,3)13-22(26)29-16-21(25)24-14-18-10-11-19(20(12-18)27-4)28-15-17-8-6-5-7-9-17/h5-12H,13-16H2,1-4H3,(H,24,25). The lowest BCUT2D eigenvalue weighted by molar-refractivity contribution is -0.150. The fourth-order valence-electron chi connectivity index (χ4n) is 2.56. The fraction of sp³-hybridized carbons (Fsp3) is 0.391. The van der Waals surface area contributed by atoms with E-state index in [9.17, 15) is 9.59 Å². The lowest BCUT2D eigenvalue weighted by Gasteiger charge is -2.16. The Hall–Kier alpha value is -3.02. The van der Waals surface area contributed by atoms with Crippen LogP contribution in [0.5, 0.6) is 11.5 Å². The number of carbonyl (C=O) groups excluding carboxylic acids is 2. The highest BCUT2D eigenvalue weighted by atomic mass is 16.5. The van der Waals surface area contributed by atoms with Crippen molar-refractivity contribution in [3.05, 3.63) is 59.7 Å². The number of carbonyl (C=O) groups is 2. The van der Waals surface area contributed by atoms with E-state index in [-0.39, 0.29) is 30.3 Å². The maximum Gasteiger partial charge on any atom is 0.306 e. The summed E-state index contributed by atoms with van der Waals surface area (Å²) < 4.78 is 16.2. The minimum absolute atomic E-state index is 0.172. The van der Waals surface area contributed by atoms with Crippen molar-refractivity contribution in [1.29, 1.82) is 0 Å². The summed E-state index contributed by atoms with van der Waals surface area (Å²) in [4.78, 5) is 23.6. The summed E-state index contributed by atoms with van der Waals surface area (Å²) in [5.41, 5.74) is 1.74. The third-order valence-electron chi connectivity index (χ3n) is 3.99. The number of benzene rings is 2. The van der Waals surface area contributed by atoms with E-state index in [1.165, 1.54) is 0 Å². The molecule has 1 amide bonds. The van der Waals surface area contributed by atoms with Gasteiger partial charge >= 0.3 is 5.97 Å². The molecule has 0 saturated heterocycles. The molecule has 1 N–H and O–H groups in total. The fourth-order valence-corrected chi connectivity index (χ4v) is 2.56. The molecule has 2 rings (SSSR count). The summed E-state index contributed by atoms with van der Waals surface area (Å²) in [5.74, 6) is 0.483. The molecule has 0 aliphatic carbocycles. The maximum absolute atomic E-state index is 11.9. The maximum atomic E-state index is 11.9. The summed E-state index contributed by atoms with van der Waals surface area (Å²) in [6.45, 7) is 6.27. The van der Waals surface area contributed by atoms with Crippen molar-refractivity contribution >= 4 is 11.9 Å². The van der Waals surface area contributed by atoms with E-state index in [1.807, 2.05) is 69.3 Å². The molecule has 0 saturated carbocycles. The zero-order valence-corrected chi connectivity index (χ0v) is 17.5. The van der Waals surface area contributed by atoms with Crippen LogP contribution in [0.3, 0.4) is 0 Å². The van der Waals surface area contributed by atoms with Crippen molar-refractivity contribution in [1.82, 2.24) is 5.32 Å². The highest BCUT2D eigenvalue weighted by Crippen LogP contribution is 2.28. The first kappa shape index (κ1) is 22.3. The zero-order valence-electron chi connectivity index (χ0n) is 17.5. The minimum atomic E-state index is -0.380. The molecule has 0 fully saturated rings. The molecule has 0 atom stereocenters. The lowest BCUT2D eigenvalue weighted by atomic mass is 9.93. The summed E-state index contributed by atoms with van der Waals surface area (Å²) in [7, 11) is 1.57. The lowest BCUT2D eigenvalue weighted by Crippen LogP contribution is -2.29. The topological polar surface area (TPSA) is 73.9 Å². The second-order valence-corrected chi connectivity index (χ2v) is 7.93. The van der Waals surface area contributed by atoms with E-state index in [1.54, 1.807) is 7.11 Å². The van der Waals surface area contributed by atoms with Crippen LogP contribution in [0.25, 0.3) is 0 Å². The van der Waals surface area contributed by atoms with Gasteiger partial charge in [-0.1, -0.05) is 57.2 Å². The molecule has 29 heavy (non-hydrogen) atoms. The number of rotatable bonds is 9. The monoisotopic (exact) mass is 399 g/mol. The van der Waals surface area contributed by atoms with Crippen molar-refractivity contribution in [2.24, 2.45) is 5.41 Å². The molecule has 0 radical (unpaired) electrons. The Morgan fingerprint density at radius 1 is 0.966 bits per heavy atom. The first-order chi connectivity index (χ1) is 13.8. The van der Waals surface area contributed by atoms with Crippen LogP contribution < -0.4 is 14.8 Å². The van der Waals surface area contributed by atoms with Crippen LogP contribution in [-0.4, -0.2) is 25.6 Å². The van der Waals surface area contributed by atoms with Gasteiger partial charge in [-0.2, -0.15) is 0 Å². The molecule has 0 aliphatic heterocycles. The number of hydrogen-bond acceptors (Lipinski definition) is 5. The van der Waals surface area contributed by atoms with Crippen LogP contribution in [0.2, 0.25) is 0 Å². The molecule has 6 heteroatoms. The summed E-state index contributed by atoms with van der Waals surface area (Å²) >= 11 is 0. The van der Waals surface area contributed by atoms with Gasteiger partial charge in [-0.05, 0) is 28.7 Å². The molecule has 0 aromatic heterocycles. The molecule has 0 aliphatic rings. The highest BCUT2D eigenvalue weighted by Gasteiger charge is 2.18. The van der Waals surface area contributed by atoms with Crippen molar-refractivity contribution in [3.8, 4) is 11.5 Å². The van der Waals surface area contributed by atoms with Gasteiger partial charge in [0.15, 0.2) is 18.1 Å². The Kier molecular flexibility index (Phi) is 8.07. The number of hydrogen-bond donors (Lipinski definition) is 1. The van der Waals surface area contributed by atoms with Crippen LogP contribution in [0.1, 0.15) is 38.3 Å². The average Bonchev–Trinajstić information content (AvgIpc) is 2.69. The number of ether oxygens (including phenoxy) is 3. The smallest absolute Gasteiger partial charge is 0.306 e. The van der Waals surface area contributed by atoms with Crippen molar-refractivity contribution in [2.75, 3.05) is 13.7 Å². The third-order valence-corrected chi connectivity index (χ3v) is 3.99. The van der Waals surface area contributed by atoms with Crippen LogP contribution in [0.15, 0.2) is 48.5 Å². The van der Waals surface area contributed by atoms with Gasteiger partial charge in [0, 0.05) is 6.54 Å². The van der Waals surface area contributed by atoms with Gasteiger partial charge in [-0.3, -0.25) is 9.59 Å². The molecular formula is C23H29NO5. The van der Waals surface area contributed by atoms with Gasteiger partial charge in [0.2, 0.25) is 0 Å². The third kappa shape index (κ3) is 8.25. The van der Waals surface area contributed by atoms with Crippen molar-refractivity contribution < 1.29 is 23.8 Å². The zero-order chi connectivity index (χ0) is 21.3. The van der Waals surface area contributed by atoms with Gasteiger partial charge in [0.05, 0.1) is 13.5 Å². The molecule has 0 spiro atoms. The van der Waals surface area contributed by atoms with Gasteiger partial charge in [-0.15, -0.1) is 0 Å². The normalized spacial score (nSPS) is 10.9. The summed E-state index contributed by atoms with van der Waals surface area (Å²) in [6.07, 6.45) is 0.266. The summed E-state index contributed by atoms with van der Waals surface area (Å²) in [5, 5.41) is 2.73. The Labute approximate surface area is 172 Å². The second kappa shape index (κ2) is 10.5. The van der Waals surface area contributed by atoms with E-state index in [0.717, 1.165) is 11.1 Å². The largest absolute Gasteiger partial charge is 0.493 e. The highest BCUT2D eigenvalue weighted by molar-refractivity contribution is 5.80. The van der Waals surface area contributed by atoms with Crippen LogP contribution >= 0.6 is 0 Å². The van der Waals surface area contributed by atoms with Crippen molar-refractivity contribution in [2.45, 2.75) is 40.3 Å². The molecule has 0 unspecified atom stereocenters. The molecule has 2 aromatic carbocycles. The number of methoxy groups -OCH3 is 1. The minimum Gasteiger partial charge on any atom is -0.493 e. The number of esters is 1. The number of amides is 1. The summed E-state index contributed by atoms with van der Waals surface area (Å²) in [6, 6.07) is 15.3. The first-order valence-electron chi connectivity index (χ1n) is 9.53. The molecule has 156 valence electrons. The molecule has 0 bridgehead atoms. The Bertz CT molecular complexity index is 812. The van der Waals surface area contributed by atoms with Gasteiger partial charge in [-0.25, -0.2) is 0 Å². The second-order valence-electron chi connectivity index (χ2n) is 7.93.